The first kappa shape index (κ1) is 20.4. The number of carbonyl (C=O) groups is 1. The van der Waals surface area contributed by atoms with Crippen LogP contribution in [0.5, 0.6) is 0 Å². The van der Waals surface area contributed by atoms with Crippen molar-refractivity contribution in [3.05, 3.63) is 77.5 Å². The molecule has 3 heterocycles. The summed E-state index contributed by atoms with van der Waals surface area (Å²) in [6, 6.07) is 14.2. The maximum Gasteiger partial charge on any atom is 0.287 e. The van der Waals surface area contributed by atoms with Crippen LogP contribution in [0.25, 0.3) is 0 Å². The summed E-state index contributed by atoms with van der Waals surface area (Å²) >= 11 is 0. The Hall–Kier alpha value is -2.86. The number of aromatic nitrogens is 2. The van der Waals surface area contributed by atoms with Gasteiger partial charge in [-0.1, -0.05) is 37.3 Å². The molecular weight excluding hydrogens is 376 g/mol. The molecule has 1 aromatic carbocycles. The molecule has 6 nitrogen and oxygen atoms in total. The molecule has 0 bridgehead atoms. The molecule has 0 radical (unpaired) electrons. The van der Waals surface area contributed by atoms with Gasteiger partial charge in [0.15, 0.2) is 5.76 Å². The standard InChI is InChI=1S/C24H30N4O2/c1-18-10-12-27(13-11-18)22(20-6-4-3-5-7-20)15-25-24(29)23-9-8-21(30-23)17-28-16-19(2)14-26-28/h3-9,14,16,18,22H,10-13,15,17H2,1-2H3,(H,25,29)/t22-/m0/s1. The van der Waals surface area contributed by atoms with Gasteiger partial charge < -0.3 is 9.73 Å². The van der Waals surface area contributed by atoms with Crippen molar-refractivity contribution in [2.75, 3.05) is 19.6 Å². The van der Waals surface area contributed by atoms with Crippen molar-refractivity contribution in [2.45, 2.75) is 39.3 Å². The molecule has 6 heteroatoms. The van der Waals surface area contributed by atoms with E-state index >= 15 is 0 Å². The zero-order valence-electron chi connectivity index (χ0n) is 17.8. The van der Waals surface area contributed by atoms with E-state index in [0.29, 0.717) is 24.6 Å². The van der Waals surface area contributed by atoms with Crippen LogP contribution in [-0.4, -0.2) is 40.2 Å². The Morgan fingerprint density at radius 1 is 1.20 bits per heavy atom. The Morgan fingerprint density at radius 3 is 2.67 bits per heavy atom. The summed E-state index contributed by atoms with van der Waals surface area (Å²) in [5, 5.41) is 7.36. The van der Waals surface area contributed by atoms with E-state index in [0.717, 1.165) is 24.6 Å². The highest BCUT2D eigenvalue weighted by atomic mass is 16.4. The molecule has 1 saturated heterocycles. The molecule has 2 aromatic heterocycles. The van der Waals surface area contributed by atoms with E-state index in [1.165, 1.54) is 18.4 Å². The largest absolute Gasteiger partial charge is 0.454 e. The maximum atomic E-state index is 12.7. The van der Waals surface area contributed by atoms with Crippen LogP contribution in [0.1, 0.15) is 53.2 Å². The predicted octanol–water partition coefficient (Wildman–Crippen LogP) is 4.04. The van der Waals surface area contributed by atoms with Gasteiger partial charge in [-0.25, -0.2) is 0 Å². The number of carbonyl (C=O) groups excluding carboxylic acids is 1. The summed E-state index contributed by atoms with van der Waals surface area (Å²) in [5.41, 5.74) is 2.33. The first-order valence-electron chi connectivity index (χ1n) is 10.7. The Morgan fingerprint density at radius 2 is 1.97 bits per heavy atom. The average molecular weight is 407 g/mol. The first-order chi connectivity index (χ1) is 14.6. The van der Waals surface area contributed by atoms with Crippen molar-refractivity contribution >= 4 is 5.91 Å². The monoisotopic (exact) mass is 406 g/mol. The van der Waals surface area contributed by atoms with Crippen LogP contribution in [0.3, 0.4) is 0 Å². The van der Waals surface area contributed by atoms with Crippen LogP contribution in [0.15, 0.2) is 59.3 Å². The van der Waals surface area contributed by atoms with Crippen LogP contribution < -0.4 is 5.32 Å². The van der Waals surface area contributed by atoms with Crippen LogP contribution >= 0.6 is 0 Å². The third-order valence-corrected chi connectivity index (χ3v) is 5.86. The second-order valence-corrected chi connectivity index (χ2v) is 8.34. The minimum absolute atomic E-state index is 0.170. The molecule has 0 saturated carbocycles. The topological polar surface area (TPSA) is 63.3 Å². The Kier molecular flexibility index (Phi) is 6.33. The fourth-order valence-electron chi connectivity index (χ4n) is 4.05. The van der Waals surface area contributed by atoms with Gasteiger partial charge in [-0.3, -0.25) is 14.4 Å². The molecule has 30 heavy (non-hydrogen) atoms. The summed E-state index contributed by atoms with van der Waals surface area (Å²) in [7, 11) is 0. The van der Waals surface area contributed by atoms with Gasteiger partial charge in [0.2, 0.25) is 0 Å². The highest BCUT2D eigenvalue weighted by molar-refractivity contribution is 5.91. The molecular formula is C24H30N4O2. The third-order valence-electron chi connectivity index (χ3n) is 5.86. The summed E-state index contributed by atoms with van der Waals surface area (Å²) in [4.78, 5) is 15.2. The van der Waals surface area contributed by atoms with Crippen molar-refractivity contribution in [2.24, 2.45) is 5.92 Å². The maximum absolute atomic E-state index is 12.7. The summed E-state index contributed by atoms with van der Waals surface area (Å²) in [6.45, 7) is 7.51. The lowest BCUT2D eigenvalue weighted by Crippen LogP contribution is -2.41. The minimum atomic E-state index is -0.177. The molecule has 3 aromatic rings. The van der Waals surface area contributed by atoms with Gasteiger partial charge >= 0.3 is 0 Å². The number of hydrogen-bond donors (Lipinski definition) is 1. The second kappa shape index (κ2) is 9.30. The molecule has 1 aliphatic rings. The van der Waals surface area contributed by atoms with Crippen LogP contribution in [0.2, 0.25) is 0 Å². The quantitative estimate of drug-likeness (QED) is 0.643. The molecule has 1 atom stereocenters. The van der Waals surface area contributed by atoms with E-state index in [4.69, 9.17) is 4.42 Å². The van der Waals surface area contributed by atoms with Crippen molar-refractivity contribution in [3.8, 4) is 0 Å². The van der Waals surface area contributed by atoms with Gasteiger partial charge in [-0.15, -0.1) is 0 Å². The van der Waals surface area contributed by atoms with E-state index in [1.54, 1.807) is 10.7 Å². The highest BCUT2D eigenvalue weighted by Crippen LogP contribution is 2.26. The zero-order valence-corrected chi connectivity index (χ0v) is 17.8. The second-order valence-electron chi connectivity index (χ2n) is 8.34. The molecule has 1 amide bonds. The number of nitrogens with one attached hydrogen (secondary N) is 1. The molecule has 158 valence electrons. The molecule has 0 spiro atoms. The fraction of sp³-hybridized carbons (Fsp3) is 0.417. The minimum Gasteiger partial charge on any atom is -0.454 e. The number of hydrogen-bond acceptors (Lipinski definition) is 4. The first-order valence-corrected chi connectivity index (χ1v) is 10.7. The van der Waals surface area contributed by atoms with Crippen LogP contribution in [-0.2, 0) is 6.54 Å². The lowest BCUT2D eigenvalue weighted by molar-refractivity contribution is 0.0884. The number of furan rings is 1. The van der Waals surface area contributed by atoms with Crippen LogP contribution in [0.4, 0.5) is 0 Å². The number of benzene rings is 1. The lowest BCUT2D eigenvalue weighted by Gasteiger charge is -2.37. The summed E-state index contributed by atoms with van der Waals surface area (Å²) in [5.74, 6) is 1.65. The third kappa shape index (κ3) is 5.00. The molecule has 1 fully saturated rings. The van der Waals surface area contributed by atoms with Gasteiger partial charge in [0.1, 0.15) is 5.76 Å². The number of nitrogens with zero attached hydrogens (tertiary/aromatic N) is 3. The van der Waals surface area contributed by atoms with Gasteiger partial charge in [0.25, 0.3) is 5.91 Å². The van der Waals surface area contributed by atoms with E-state index in [-0.39, 0.29) is 11.9 Å². The SMILES string of the molecule is Cc1cnn(Cc2ccc(C(=O)NC[C@@H](c3ccccc3)N3CCC(C)CC3)o2)c1. The Balaban J connectivity index is 1.40. The lowest BCUT2D eigenvalue weighted by atomic mass is 9.95. The van der Waals surface area contributed by atoms with Gasteiger partial charge in [0.05, 0.1) is 18.8 Å². The number of aryl methyl sites for hydroxylation is 1. The molecule has 0 unspecified atom stereocenters. The fourth-order valence-corrected chi connectivity index (χ4v) is 4.05. The van der Waals surface area contributed by atoms with Gasteiger partial charge in [0, 0.05) is 12.7 Å². The molecule has 1 aliphatic heterocycles. The predicted molar refractivity (Wildman–Crippen MR) is 116 cm³/mol. The van der Waals surface area contributed by atoms with Crippen LogP contribution in [0, 0.1) is 12.8 Å². The van der Waals surface area contributed by atoms with Gasteiger partial charge in [-0.05, 0) is 62.0 Å². The van der Waals surface area contributed by atoms with Crippen molar-refractivity contribution < 1.29 is 9.21 Å². The number of rotatable bonds is 7. The summed E-state index contributed by atoms with van der Waals surface area (Å²) < 4.78 is 7.57. The molecule has 1 N–H and O–H groups in total. The van der Waals surface area contributed by atoms with E-state index in [2.05, 4.69) is 46.5 Å². The van der Waals surface area contributed by atoms with Gasteiger partial charge in [-0.2, -0.15) is 5.10 Å². The average Bonchev–Trinajstić information content (AvgIpc) is 3.39. The Labute approximate surface area is 177 Å². The van der Waals surface area contributed by atoms with E-state index in [1.807, 2.05) is 31.5 Å². The number of likely N-dealkylation sites (tertiary alicyclic amines) is 1. The smallest absolute Gasteiger partial charge is 0.287 e. The van der Waals surface area contributed by atoms with Crippen molar-refractivity contribution in [3.63, 3.8) is 0 Å². The highest BCUT2D eigenvalue weighted by Gasteiger charge is 2.25. The number of amides is 1. The van der Waals surface area contributed by atoms with Crippen molar-refractivity contribution in [1.82, 2.24) is 20.0 Å². The van der Waals surface area contributed by atoms with Crippen molar-refractivity contribution in [1.29, 1.82) is 0 Å². The normalized spacial score (nSPS) is 16.5. The number of piperidine rings is 1. The molecule has 0 aliphatic carbocycles. The zero-order chi connectivity index (χ0) is 20.9. The van der Waals surface area contributed by atoms with E-state index in [9.17, 15) is 4.79 Å². The molecule has 4 rings (SSSR count). The Bertz CT molecular complexity index is 955. The summed E-state index contributed by atoms with van der Waals surface area (Å²) in [6.07, 6.45) is 6.16. The van der Waals surface area contributed by atoms with E-state index < -0.39 is 0 Å².